The third-order valence-corrected chi connectivity index (χ3v) is 13.5. The van der Waals surface area contributed by atoms with Gasteiger partial charge in [0.1, 0.15) is 0 Å². The van der Waals surface area contributed by atoms with E-state index in [-0.39, 0.29) is 10.8 Å². The lowest BCUT2D eigenvalue weighted by atomic mass is 9.62. The Labute approximate surface area is 327 Å². The van der Waals surface area contributed by atoms with E-state index < -0.39 is 0 Å². The molecule has 2 fully saturated rings. The fourth-order valence-electron chi connectivity index (χ4n) is 11.1. The normalized spacial score (nSPS) is 19.2. The van der Waals surface area contributed by atoms with Crippen molar-refractivity contribution in [3.63, 3.8) is 0 Å². The highest BCUT2D eigenvalue weighted by molar-refractivity contribution is 6.17. The molecule has 0 amide bonds. The summed E-state index contributed by atoms with van der Waals surface area (Å²) in [7, 11) is 2.29. The number of hydrogen-bond acceptors (Lipinski definition) is 1. The van der Waals surface area contributed by atoms with Crippen LogP contribution < -0.4 is 4.90 Å². The van der Waals surface area contributed by atoms with Crippen LogP contribution in [-0.4, -0.2) is 7.05 Å². The summed E-state index contributed by atoms with van der Waals surface area (Å²) >= 11 is 0. The fraction of sp³-hybridized carbons (Fsp3) is 0.259. The van der Waals surface area contributed by atoms with Crippen LogP contribution in [-0.2, 0) is 10.8 Å². The van der Waals surface area contributed by atoms with Crippen LogP contribution in [0.3, 0.4) is 0 Å². The molecule has 0 bridgehead atoms. The Balaban J connectivity index is 0.970. The van der Waals surface area contributed by atoms with E-state index in [9.17, 15) is 0 Å². The van der Waals surface area contributed by atoms with Crippen molar-refractivity contribution in [2.24, 2.45) is 0 Å². The average Bonchev–Trinajstić information content (AvgIpc) is 3.46. The van der Waals surface area contributed by atoms with Gasteiger partial charge in [-0.25, -0.2) is 0 Å². The minimum atomic E-state index is -0.0519. The third kappa shape index (κ3) is 5.83. The van der Waals surface area contributed by atoms with Gasteiger partial charge in [0.05, 0.1) is 5.69 Å². The number of anilines is 1. The second-order valence-electron chi connectivity index (χ2n) is 16.3. The number of aryl methyl sites for hydroxylation is 1. The van der Waals surface area contributed by atoms with Gasteiger partial charge in [-0.15, -0.1) is 0 Å². The first-order valence-electron chi connectivity index (χ1n) is 20.7. The maximum Gasteiger partial charge on any atom is 0.0534 e. The van der Waals surface area contributed by atoms with Gasteiger partial charge in [-0.1, -0.05) is 191 Å². The van der Waals surface area contributed by atoms with Crippen molar-refractivity contribution in [3.05, 3.63) is 186 Å². The van der Waals surface area contributed by atoms with Crippen molar-refractivity contribution < 1.29 is 0 Å². The van der Waals surface area contributed by atoms with E-state index in [0.29, 0.717) is 0 Å². The van der Waals surface area contributed by atoms with Crippen LogP contribution in [0.4, 0.5) is 5.69 Å². The highest BCUT2D eigenvalue weighted by Crippen LogP contribution is 2.59. The first-order valence-corrected chi connectivity index (χ1v) is 20.7. The maximum absolute atomic E-state index is 4.78. The Morgan fingerprint density at radius 1 is 0.509 bits per heavy atom. The van der Waals surface area contributed by atoms with E-state index in [0.717, 1.165) is 12.8 Å². The molecule has 1 heterocycles. The van der Waals surface area contributed by atoms with Gasteiger partial charge in [-0.2, -0.15) is 0 Å². The lowest BCUT2D eigenvalue weighted by molar-refractivity contribution is 0.347. The molecule has 2 saturated carbocycles. The van der Waals surface area contributed by atoms with Crippen LogP contribution in [0.5, 0.6) is 0 Å². The number of hydrogen-bond donors (Lipinski definition) is 0. The predicted octanol–water partition coefficient (Wildman–Crippen LogP) is 14.8. The van der Waals surface area contributed by atoms with Crippen LogP contribution in [0.25, 0.3) is 43.1 Å². The van der Waals surface area contributed by atoms with E-state index in [1.807, 2.05) is 0 Å². The minimum Gasteiger partial charge on any atom is -0.347 e. The number of likely N-dealkylation sites (N-methyl/N-ethyl adjacent to an activating group) is 1. The summed E-state index contributed by atoms with van der Waals surface area (Å²) in [6.45, 7) is 7.12. The first kappa shape index (κ1) is 35.3. The summed E-state index contributed by atoms with van der Waals surface area (Å²) in [5, 5.41) is 11.0. The van der Waals surface area contributed by atoms with Crippen LogP contribution in [0.1, 0.15) is 80.9 Å². The van der Waals surface area contributed by atoms with Crippen LogP contribution in [0.15, 0.2) is 170 Å². The van der Waals surface area contributed by atoms with Crippen molar-refractivity contribution in [1.29, 1.82) is 0 Å². The number of rotatable bonds is 7. The van der Waals surface area contributed by atoms with Gasteiger partial charge in [-0.3, -0.25) is 0 Å². The highest BCUT2D eigenvalue weighted by atomic mass is 15.2. The van der Waals surface area contributed by atoms with Gasteiger partial charge in [0.25, 0.3) is 0 Å². The monoisotopic (exact) mass is 715 g/mol. The van der Waals surface area contributed by atoms with Crippen LogP contribution in [0, 0.1) is 6.92 Å². The standard InChI is InChI=1S/C54H53N/c1-39(53(35-21-9-22-36-53)50-40(2)41-26-13-14-27-42(41)43-28-15-18-31-46(43)50)25-11-7-5-4-6-8-12-34-49-54(37-23-10-24-38-54)51-47-32-19-16-29-44(47)45-30-17-20-33-48(45)52(51)55(49)3/h4-8,11-20,25-34H,1,9-10,21-24,35-38H2,2-3H3/b6-4+,7-5+,12-8+,25-11+,49-34+. The van der Waals surface area contributed by atoms with Gasteiger partial charge in [0.2, 0.25) is 0 Å². The van der Waals surface area contributed by atoms with Crippen molar-refractivity contribution in [3.8, 4) is 0 Å². The van der Waals surface area contributed by atoms with Crippen molar-refractivity contribution >= 4 is 48.8 Å². The molecule has 1 nitrogen and oxygen atoms in total. The number of fused-ring (bicyclic) bond motifs is 10. The predicted molar refractivity (Wildman–Crippen MR) is 239 cm³/mol. The number of nitrogens with zero attached hydrogens (tertiary/aromatic N) is 1. The van der Waals surface area contributed by atoms with E-state index in [4.69, 9.17) is 6.58 Å². The topological polar surface area (TPSA) is 3.24 Å². The molecule has 9 rings (SSSR count). The zero-order valence-corrected chi connectivity index (χ0v) is 32.7. The van der Waals surface area contributed by atoms with Crippen molar-refractivity contribution in [1.82, 2.24) is 0 Å². The molecule has 0 saturated heterocycles. The molecular formula is C54H53N. The zero-order chi connectivity index (χ0) is 37.4. The van der Waals surface area contributed by atoms with E-state index in [1.54, 1.807) is 5.56 Å². The Kier molecular flexibility index (Phi) is 9.43. The molecule has 1 spiro atoms. The summed E-state index contributed by atoms with van der Waals surface area (Å²) in [5.74, 6) is 0. The smallest absolute Gasteiger partial charge is 0.0534 e. The molecular weight excluding hydrogens is 663 g/mol. The van der Waals surface area contributed by atoms with Crippen molar-refractivity contribution in [2.45, 2.75) is 82.0 Å². The summed E-state index contributed by atoms with van der Waals surface area (Å²) in [4.78, 5) is 2.52. The summed E-state index contributed by atoms with van der Waals surface area (Å²) in [6, 6.07) is 36.1. The van der Waals surface area contributed by atoms with Gasteiger partial charge in [-0.05, 0) is 98.7 Å². The van der Waals surface area contributed by atoms with E-state index in [2.05, 4.69) is 171 Å². The summed E-state index contributed by atoms with van der Waals surface area (Å²) in [6.07, 6.45) is 32.3. The molecule has 0 aromatic heterocycles. The largest absolute Gasteiger partial charge is 0.347 e. The Morgan fingerprint density at radius 3 is 1.55 bits per heavy atom. The Bertz CT molecular complexity index is 2590. The highest BCUT2D eigenvalue weighted by Gasteiger charge is 2.48. The van der Waals surface area contributed by atoms with Gasteiger partial charge < -0.3 is 4.90 Å². The molecule has 1 aliphatic heterocycles. The fourth-order valence-corrected chi connectivity index (χ4v) is 11.1. The molecule has 1 heteroatoms. The molecule has 3 aliphatic rings. The second kappa shape index (κ2) is 14.7. The average molecular weight is 716 g/mol. The molecule has 6 aromatic rings. The lowest BCUT2D eigenvalue weighted by Gasteiger charge is -2.41. The van der Waals surface area contributed by atoms with Gasteiger partial charge in [0, 0.05) is 29.0 Å². The molecule has 274 valence electrons. The Hall–Kier alpha value is -5.40. The maximum atomic E-state index is 4.78. The number of allylic oxidation sites excluding steroid dienone is 11. The lowest BCUT2D eigenvalue weighted by Crippen LogP contribution is -2.32. The summed E-state index contributed by atoms with van der Waals surface area (Å²) in [5.41, 5.74) is 8.54. The SMILES string of the molecule is C=C(/C=C/C=C/C=C/C=C/C=C1/N(C)c2c(c3ccccc3c3ccccc23)C12CCCCC2)C1(c2c(C)c3ccccc3c3ccccc23)CCCCC1. The molecule has 55 heavy (non-hydrogen) atoms. The van der Waals surface area contributed by atoms with Crippen LogP contribution in [0.2, 0.25) is 0 Å². The second-order valence-corrected chi connectivity index (χ2v) is 16.3. The minimum absolute atomic E-state index is 0.0519. The van der Waals surface area contributed by atoms with Gasteiger partial charge >= 0.3 is 0 Å². The molecule has 6 aromatic carbocycles. The molecule has 2 aliphatic carbocycles. The van der Waals surface area contributed by atoms with Crippen molar-refractivity contribution in [2.75, 3.05) is 11.9 Å². The number of benzene rings is 6. The summed E-state index contributed by atoms with van der Waals surface area (Å²) < 4.78 is 0. The van der Waals surface area contributed by atoms with E-state index >= 15 is 0 Å². The zero-order valence-electron chi connectivity index (χ0n) is 32.7. The third-order valence-electron chi connectivity index (χ3n) is 13.5. The molecule has 0 radical (unpaired) electrons. The molecule has 0 N–H and O–H groups in total. The first-order chi connectivity index (χ1) is 27.1. The van der Waals surface area contributed by atoms with Gasteiger partial charge in [0.15, 0.2) is 0 Å². The molecule has 0 atom stereocenters. The van der Waals surface area contributed by atoms with E-state index in [1.165, 1.54) is 123 Å². The Morgan fingerprint density at radius 2 is 0.945 bits per heavy atom. The quantitative estimate of drug-likeness (QED) is 0.117. The molecule has 0 unspecified atom stereocenters. The van der Waals surface area contributed by atoms with Crippen LogP contribution >= 0.6 is 0 Å².